The van der Waals surface area contributed by atoms with E-state index >= 15 is 0 Å². The van der Waals surface area contributed by atoms with Crippen LogP contribution in [0.2, 0.25) is 0 Å². The third-order valence-corrected chi connectivity index (χ3v) is 6.29. The number of aryl methyl sites for hydroxylation is 1. The molecule has 33 heavy (non-hydrogen) atoms. The smallest absolute Gasteiger partial charge is 0.236 e. The molecule has 3 aromatic rings. The molecule has 0 saturated carbocycles. The van der Waals surface area contributed by atoms with Gasteiger partial charge in [-0.25, -0.2) is 19.2 Å². The lowest BCUT2D eigenvalue weighted by atomic mass is 10.2. The normalized spacial score (nSPS) is 13.0. The van der Waals surface area contributed by atoms with Crippen LogP contribution in [0.25, 0.3) is 11.5 Å². The van der Waals surface area contributed by atoms with Crippen LogP contribution in [0.15, 0.2) is 30.6 Å². The summed E-state index contributed by atoms with van der Waals surface area (Å²) in [5, 5.41) is 8.38. The summed E-state index contributed by atoms with van der Waals surface area (Å²) in [4.78, 5) is 13.1. The van der Waals surface area contributed by atoms with E-state index in [0.29, 0.717) is 42.1 Å². The molecular formula is C22H31N7O3S. The zero-order chi connectivity index (χ0) is 23.6. The van der Waals surface area contributed by atoms with Gasteiger partial charge in [0.1, 0.15) is 22.5 Å². The molecular weight excluding hydrogens is 442 g/mol. The van der Waals surface area contributed by atoms with Gasteiger partial charge in [-0.3, -0.25) is 9.29 Å². The highest BCUT2D eigenvalue weighted by atomic mass is 32.2. The predicted octanol–water partition coefficient (Wildman–Crippen LogP) is 2.97. The third-order valence-electron chi connectivity index (χ3n) is 5.00. The van der Waals surface area contributed by atoms with Crippen molar-refractivity contribution in [3.05, 3.63) is 42.0 Å². The summed E-state index contributed by atoms with van der Waals surface area (Å²) in [6.45, 7) is 5.20. The number of rotatable bonds is 13. The standard InChI is InChI=1S/C22H31N7O3S/c1-16-14-23-19(24-15-16)13-17(2)33(30)28-22-27-26-21(18-9-8-10-20(25-18)32-4)29(22)11-6-5-7-12-31-3/h8-10,14-15,17H,5-7,11-13H2,1-4H3,(H,27,28). The van der Waals surface area contributed by atoms with Crippen LogP contribution in [-0.2, 0) is 28.7 Å². The van der Waals surface area contributed by atoms with E-state index in [4.69, 9.17) is 9.47 Å². The molecule has 1 N–H and O–H groups in total. The number of nitrogens with one attached hydrogen (secondary N) is 1. The van der Waals surface area contributed by atoms with Crippen LogP contribution < -0.4 is 9.46 Å². The Balaban J connectivity index is 1.76. The number of aromatic nitrogens is 6. The van der Waals surface area contributed by atoms with Gasteiger partial charge in [0.2, 0.25) is 11.8 Å². The second-order valence-corrected chi connectivity index (χ2v) is 9.31. The topological polar surface area (TPSA) is 117 Å². The van der Waals surface area contributed by atoms with E-state index in [2.05, 4.69) is 29.9 Å². The summed E-state index contributed by atoms with van der Waals surface area (Å²) in [5.41, 5.74) is 1.63. The molecule has 0 aliphatic rings. The Kier molecular flexibility index (Phi) is 9.25. The van der Waals surface area contributed by atoms with Crippen molar-refractivity contribution in [3.63, 3.8) is 0 Å². The van der Waals surface area contributed by atoms with Gasteiger partial charge in [-0.05, 0) is 44.7 Å². The van der Waals surface area contributed by atoms with Crippen LogP contribution >= 0.6 is 0 Å². The van der Waals surface area contributed by atoms with Gasteiger partial charge in [-0.15, -0.1) is 10.2 Å². The molecule has 2 unspecified atom stereocenters. The zero-order valence-electron chi connectivity index (χ0n) is 19.5. The zero-order valence-corrected chi connectivity index (χ0v) is 20.3. The molecule has 0 amide bonds. The minimum Gasteiger partial charge on any atom is -0.481 e. The van der Waals surface area contributed by atoms with Gasteiger partial charge in [0.05, 0.1) is 12.4 Å². The van der Waals surface area contributed by atoms with Crippen molar-refractivity contribution in [1.82, 2.24) is 29.7 Å². The molecule has 0 aromatic carbocycles. The molecule has 0 aliphatic carbocycles. The fraction of sp³-hybridized carbons (Fsp3) is 0.500. The maximum atomic E-state index is 13.0. The Morgan fingerprint density at radius 1 is 1.12 bits per heavy atom. The minimum absolute atomic E-state index is 0.224. The maximum Gasteiger partial charge on any atom is 0.236 e. The van der Waals surface area contributed by atoms with E-state index < -0.39 is 11.0 Å². The Hall–Kier alpha value is -2.92. The second-order valence-electron chi connectivity index (χ2n) is 7.71. The molecule has 0 aliphatic heterocycles. The van der Waals surface area contributed by atoms with Gasteiger partial charge in [0, 0.05) is 45.1 Å². The van der Waals surface area contributed by atoms with Gasteiger partial charge in [0.25, 0.3) is 0 Å². The molecule has 0 spiro atoms. The van der Waals surface area contributed by atoms with E-state index in [0.717, 1.165) is 31.4 Å². The van der Waals surface area contributed by atoms with Gasteiger partial charge in [-0.1, -0.05) is 6.07 Å². The van der Waals surface area contributed by atoms with E-state index in [1.807, 2.05) is 30.5 Å². The lowest BCUT2D eigenvalue weighted by molar-refractivity contribution is 0.191. The van der Waals surface area contributed by atoms with Crippen LogP contribution in [-0.4, -0.2) is 60.0 Å². The van der Waals surface area contributed by atoms with Gasteiger partial charge in [-0.2, -0.15) is 0 Å². The first kappa shape index (κ1) is 24.7. The summed E-state index contributed by atoms with van der Waals surface area (Å²) >= 11 is 0. The molecule has 3 heterocycles. The van der Waals surface area contributed by atoms with Gasteiger partial charge >= 0.3 is 0 Å². The van der Waals surface area contributed by atoms with Crippen LogP contribution in [0.1, 0.15) is 37.6 Å². The molecule has 10 nitrogen and oxygen atoms in total. The number of unbranched alkanes of at least 4 members (excludes halogenated alkanes) is 2. The molecule has 11 heteroatoms. The highest BCUT2D eigenvalue weighted by Crippen LogP contribution is 2.23. The van der Waals surface area contributed by atoms with Crippen LogP contribution in [0.4, 0.5) is 5.95 Å². The van der Waals surface area contributed by atoms with E-state index in [1.165, 1.54) is 0 Å². The van der Waals surface area contributed by atoms with Crippen LogP contribution in [0.5, 0.6) is 5.88 Å². The highest BCUT2D eigenvalue weighted by molar-refractivity contribution is 7.86. The van der Waals surface area contributed by atoms with Crippen molar-refractivity contribution >= 4 is 16.9 Å². The number of pyridine rings is 1. The van der Waals surface area contributed by atoms with Crippen molar-refractivity contribution < 1.29 is 13.7 Å². The molecule has 178 valence electrons. The first-order chi connectivity index (χ1) is 16.0. The van der Waals surface area contributed by atoms with Crippen molar-refractivity contribution in [1.29, 1.82) is 0 Å². The molecule has 0 saturated heterocycles. The Bertz CT molecular complexity index is 1040. The summed E-state index contributed by atoms with van der Waals surface area (Å²) in [6.07, 6.45) is 6.86. The highest BCUT2D eigenvalue weighted by Gasteiger charge is 2.20. The number of anilines is 1. The van der Waals surface area contributed by atoms with Crippen LogP contribution in [0, 0.1) is 6.92 Å². The molecule has 2 atom stereocenters. The third kappa shape index (κ3) is 7.03. The number of ether oxygens (including phenoxy) is 2. The van der Waals surface area contributed by atoms with E-state index in [9.17, 15) is 4.21 Å². The second kappa shape index (κ2) is 12.4. The van der Waals surface area contributed by atoms with Crippen molar-refractivity contribution in [2.45, 2.75) is 51.3 Å². The quantitative estimate of drug-likeness (QED) is 0.377. The molecule has 3 aromatic heterocycles. The van der Waals surface area contributed by atoms with Crippen molar-refractivity contribution in [3.8, 4) is 17.4 Å². The van der Waals surface area contributed by atoms with Crippen molar-refractivity contribution in [2.75, 3.05) is 25.5 Å². The lowest BCUT2D eigenvalue weighted by Crippen LogP contribution is -2.23. The fourth-order valence-corrected chi connectivity index (χ4v) is 4.01. The molecule has 0 bridgehead atoms. The fourth-order valence-electron chi connectivity index (χ4n) is 3.17. The predicted molar refractivity (Wildman–Crippen MR) is 127 cm³/mol. The average Bonchev–Trinajstić information content (AvgIpc) is 3.22. The summed E-state index contributed by atoms with van der Waals surface area (Å²) in [6, 6.07) is 5.48. The first-order valence-corrected chi connectivity index (χ1v) is 12.1. The molecule has 0 radical (unpaired) electrons. The largest absolute Gasteiger partial charge is 0.481 e. The SMILES string of the molecule is COCCCCCn1c(NS(=O)C(C)Cc2ncc(C)cn2)nnc1-c1cccc(OC)n1. The van der Waals surface area contributed by atoms with Crippen molar-refractivity contribution in [2.24, 2.45) is 0 Å². The minimum atomic E-state index is -1.41. The Morgan fingerprint density at radius 2 is 1.91 bits per heavy atom. The summed E-state index contributed by atoms with van der Waals surface area (Å²) in [5.74, 6) is 2.18. The molecule has 3 rings (SSSR count). The summed E-state index contributed by atoms with van der Waals surface area (Å²) < 4.78 is 28.3. The Morgan fingerprint density at radius 3 is 2.64 bits per heavy atom. The van der Waals surface area contributed by atoms with Gasteiger partial charge in [0.15, 0.2) is 5.82 Å². The lowest BCUT2D eigenvalue weighted by Gasteiger charge is -2.14. The first-order valence-electron chi connectivity index (χ1n) is 10.9. The number of hydrogen-bond donors (Lipinski definition) is 1. The molecule has 0 fully saturated rings. The van der Waals surface area contributed by atoms with Gasteiger partial charge < -0.3 is 9.47 Å². The number of nitrogens with zero attached hydrogens (tertiary/aromatic N) is 6. The monoisotopic (exact) mass is 473 g/mol. The Labute approximate surface area is 196 Å². The number of methoxy groups -OCH3 is 2. The number of hydrogen-bond acceptors (Lipinski definition) is 8. The maximum absolute atomic E-state index is 13.0. The average molecular weight is 474 g/mol. The summed E-state index contributed by atoms with van der Waals surface area (Å²) in [7, 11) is 1.86. The van der Waals surface area contributed by atoms with E-state index in [-0.39, 0.29) is 5.25 Å². The van der Waals surface area contributed by atoms with Crippen LogP contribution in [0.3, 0.4) is 0 Å². The van der Waals surface area contributed by atoms with E-state index in [1.54, 1.807) is 32.7 Å².